The lowest BCUT2D eigenvalue weighted by Gasteiger charge is -2.17. The molecule has 4 rings (SSSR count). The molecule has 41 heavy (non-hydrogen) atoms. The molecule has 0 aliphatic heterocycles. The van der Waals surface area contributed by atoms with Gasteiger partial charge in [0.05, 0.1) is 0 Å². The van der Waals surface area contributed by atoms with Crippen molar-refractivity contribution in [2.45, 2.75) is 59.9 Å². The van der Waals surface area contributed by atoms with Crippen LogP contribution in [0.15, 0.2) is 71.9 Å². The summed E-state index contributed by atoms with van der Waals surface area (Å²) in [6.07, 6.45) is 3.94. The number of oxime groups is 1. The standard InChI is InChI=1S/C34H40FN3O3/c1-5-9-13-24(6-2)23-38-31-18-16-26(30(22-35)36-41-34(40)37(7-3)8-4)20-28(31)29-21-27(17-19-32(29)38)33(39)25-14-11-10-12-15-25/h10-12,14-21,24H,5-9,13,22-23H2,1-4H3/b36-30+. The molecule has 0 spiro atoms. The average Bonchev–Trinajstić information content (AvgIpc) is 3.32. The number of fused-ring (bicyclic) bond motifs is 3. The molecule has 0 saturated heterocycles. The highest BCUT2D eigenvalue weighted by Crippen LogP contribution is 2.33. The molecule has 3 aromatic carbocycles. The molecule has 0 aliphatic carbocycles. The summed E-state index contributed by atoms with van der Waals surface area (Å²) in [5.74, 6) is 0.467. The predicted molar refractivity (Wildman–Crippen MR) is 165 cm³/mol. The van der Waals surface area contributed by atoms with Crippen LogP contribution in [-0.2, 0) is 11.4 Å². The van der Waals surface area contributed by atoms with Crippen LogP contribution in [0.2, 0.25) is 0 Å². The lowest BCUT2D eigenvalue weighted by Crippen LogP contribution is -2.30. The van der Waals surface area contributed by atoms with Gasteiger partial charge in [-0.3, -0.25) is 9.63 Å². The molecule has 1 heterocycles. The lowest BCUT2D eigenvalue weighted by atomic mass is 9.99. The van der Waals surface area contributed by atoms with E-state index in [2.05, 4.69) is 23.6 Å². The maximum atomic E-state index is 14.2. The number of nitrogens with zero attached hydrogens (tertiary/aromatic N) is 3. The van der Waals surface area contributed by atoms with E-state index in [9.17, 15) is 14.0 Å². The van der Waals surface area contributed by atoms with Crippen LogP contribution in [0, 0.1) is 5.92 Å². The molecular weight excluding hydrogens is 517 g/mol. The van der Waals surface area contributed by atoms with E-state index in [0.29, 0.717) is 35.7 Å². The van der Waals surface area contributed by atoms with Gasteiger partial charge in [0.15, 0.2) is 5.78 Å². The summed E-state index contributed by atoms with van der Waals surface area (Å²) in [6, 6.07) is 20.8. The summed E-state index contributed by atoms with van der Waals surface area (Å²) in [6.45, 7) is 9.04. The molecule has 1 unspecified atom stereocenters. The molecule has 7 heteroatoms. The first kappa shape index (κ1) is 30.0. The van der Waals surface area contributed by atoms with E-state index in [1.807, 2.05) is 80.6 Å². The van der Waals surface area contributed by atoms with Crippen molar-refractivity contribution in [2.24, 2.45) is 11.1 Å². The van der Waals surface area contributed by atoms with Crippen LogP contribution in [-0.4, -0.2) is 46.8 Å². The molecule has 1 atom stereocenters. The van der Waals surface area contributed by atoms with Crippen LogP contribution in [0.4, 0.5) is 9.18 Å². The van der Waals surface area contributed by atoms with E-state index in [1.54, 1.807) is 0 Å². The third-order valence-electron chi connectivity index (χ3n) is 7.86. The Morgan fingerprint density at radius 1 is 0.878 bits per heavy atom. The molecule has 0 radical (unpaired) electrons. The number of halogens is 1. The van der Waals surface area contributed by atoms with Gasteiger partial charge in [0.1, 0.15) is 12.4 Å². The molecule has 216 valence electrons. The van der Waals surface area contributed by atoms with Crippen LogP contribution in [0.5, 0.6) is 0 Å². The SMILES string of the molecule is CCCCC(CC)Cn1c2ccc(C(=O)c3ccccc3)cc2c2cc(/C(CF)=N/OC(=O)N(CC)CC)ccc21. The number of ketones is 1. The molecule has 0 aliphatic rings. The average molecular weight is 558 g/mol. The fourth-order valence-electron chi connectivity index (χ4n) is 5.34. The molecule has 0 saturated carbocycles. The van der Waals surface area contributed by atoms with Gasteiger partial charge in [-0.15, -0.1) is 0 Å². The third-order valence-corrected chi connectivity index (χ3v) is 7.86. The van der Waals surface area contributed by atoms with Gasteiger partial charge in [0, 0.05) is 58.1 Å². The summed E-state index contributed by atoms with van der Waals surface area (Å²) in [5.41, 5.74) is 3.84. The fraction of sp³-hybridized carbons (Fsp3) is 0.382. The number of benzene rings is 3. The number of hydrogen-bond acceptors (Lipinski definition) is 4. The number of aromatic nitrogens is 1. The first-order chi connectivity index (χ1) is 19.9. The predicted octanol–water partition coefficient (Wildman–Crippen LogP) is 8.39. The molecule has 6 nitrogen and oxygen atoms in total. The first-order valence-electron chi connectivity index (χ1n) is 14.7. The number of amides is 1. The Balaban J connectivity index is 1.82. The highest BCUT2D eigenvalue weighted by atomic mass is 19.1. The van der Waals surface area contributed by atoms with Crippen molar-refractivity contribution >= 4 is 39.4 Å². The smallest absolute Gasteiger partial charge is 0.340 e. The fourth-order valence-corrected chi connectivity index (χ4v) is 5.34. The zero-order valence-electron chi connectivity index (χ0n) is 24.5. The molecule has 0 N–H and O–H groups in total. The van der Waals surface area contributed by atoms with Crippen molar-refractivity contribution in [1.29, 1.82) is 0 Å². The molecule has 0 fully saturated rings. The first-order valence-corrected chi connectivity index (χ1v) is 14.7. The van der Waals surface area contributed by atoms with Crippen molar-refractivity contribution in [3.05, 3.63) is 83.4 Å². The number of alkyl halides is 1. The zero-order chi connectivity index (χ0) is 29.4. The van der Waals surface area contributed by atoms with Gasteiger partial charge in [0.25, 0.3) is 0 Å². The maximum Gasteiger partial charge on any atom is 0.435 e. The van der Waals surface area contributed by atoms with Crippen molar-refractivity contribution in [1.82, 2.24) is 9.47 Å². The van der Waals surface area contributed by atoms with Gasteiger partial charge in [-0.2, -0.15) is 0 Å². The number of hydrogen-bond donors (Lipinski definition) is 0. The van der Waals surface area contributed by atoms with Gasteiger partial charge in [-0.05, 0) is 56.5 Å². The summed E-state index contributed by atoms with van der Waals surface area (Å²) >= 11 is 0. The maximum absolute atomic E-state index is 14.2. The van der Waals surface area contributed by atoms with E-state index in [-0.39, 0.29) is 11.5 Å². The molecule has 1 amide bonds. The van der Waals surface area contributed by atoms with Crippen molar-refractivity contribution in [2.75, 3.05) is 19.8 Å². The van der Waals surface area contributed by atoms with Crippen LogP contribution in [0.1, 0.15) is 74.9 Å². The minimum Gasteiger partial charge on any atom is -0.340 e. The Bertz CT molecular complexity index is 1520. The summed E-state index contributed by atoms with van der Waals surface area (Å²) in [5, 5.41) is 5.72. The second kappa shape index (κ2) is 14.1. The highest BCUT2D eigenvalue weighted by Gasteiger charge is 2.19. The van der Waals surface area contributed by atoms with E-state index < -0.39 is 12.8 Å². The van der Waals surface area contributed by atoms with Gasteiger partial charge in [-0.1, -0.05) is 74.7 Å². The van der Waals surface area contributed by atoms with Crippen LogP contribution in [0.3, 0.4) is 0 Å². The van der Waals surface area contributed by atoms with E-state index in [0.717, 1.165) is 47.6 Å². The van der Waals surface area contributed by atoms with E-state index in [4.69, 9.17) is 4.84 Å². The monoisotopic (exact) mass is 557 g/mol. The Labute approximate surface area is 241 Å². The summed E-state index contributed by atoms with van der Waals surface area (Å²) in [4.78, 5) is 32.2. The molecular formula is C34H40FN3O3. The van der Waals surface area contributed by atoms with Crippen LogP contribution in [0.25, 0.3) is 21.8 Å². The minimum absolute atomic E-state index is 0.0409. The molecule has 4 aromatic rings. The molecule has 0 bridgehead atoms. The second-order valence-electron chi connectivity index (χ2n) is 10.4. The van der Waals surface area contributed by atoms with Gasteiger partial charge >= 0.3 is 6.09 Å². The molecule has 1 aromatic heterocycles. The summed E-state index contributed by atoms with van der Waals surface area (Å²) in [7, 11) is 0. The van der Waals surface area contributed by atoms with E-state index in [1.165, 1.54) is 11.3 Å². The van der Waals surface area contributed by atoms with Gasteiger partial charge in [-0.25, -0.2) is 9.18 Å². The zero-order valence-corrected chi connectivity index (χ0v) is 24.5. The number of rotatable bonds is 13. The van der Waals surface area contributed by atoms with Gasteiger partial charge < -0.3 is 9.47 Å². The number of unbranched alkanes of at least 4 members (excludes halogenated alkanes) is 1. The minimum atomic E-state index is -0.887. The van der Waals surface area contributed by atoms with Crippen LogP contribution >= 0.6 is 0 Å². The van der Waals surface area contributed by atoms with Crippen molar-refractivity contribution in [3.63, 3.8) is 0 Å². The van der Waals surface area contributed by atoms with Crippen molar-refractivity contribution in [3.8, 4) is 0 Å². The largest absolute Gasteiger partial charge is 0.435 e. The highest BCUT2D eigenvalue weighted by molar-refractivity contribution is 6.16. The number of carbonyl (C=O) groups is 2. The van der Waals surface area contributed by atoms with Crippen molar-refractivity contribution < 1.29 is 18.8 Å². The van der Waals surface area contributed by atoms with Gasteiger partial charge in [0.2, 0.25) is 0 Å². The van der Waals surface area contributed by atoms with E-state index >= 15 is 0 Å². The number of carbonyl (C=O) groups excluding carboxylic acids is 2. The quantitative estimate of drug-likeness (QED) is 0.0718. The Hall–Kier alpha value is -4.00. The lowest BCUT2D eigenvalue weighted by molar-refractivity contribution is 0.103. The normalized spacial score (nSPS) is 12.6. The third kappa shape index (κ3) is 6.67. The van der Waals surface area contributed by atoms with Crippen LogP contribution < -0.4 is 0 Å². The Morgan fingerprint density at radius 3 is 2.10 bits per heavy atom. The Morgan fingerprint density at radius 2 is 1.51 bits per heavy atom. The summed E-state index contributed by atoms with van der Waals surface area (Å²) < 4.78 is 16.5. The Kier molecular flexibility index (Phi) is 10.3. The second-order valence-corrected chi connectivity index (χ2v) is 10.4. The topological polar surface area (TPSA) is 63.9 Å².